The summed E-state index contributed by atoms with van der Waals surface area (Å²) in [5, 5.41) is 3.41. The second-order valence-corrected chi connectivity index (χ2v) is 4.95. The third kappa shape index (κ3) is 2.33. The molecule has 0 radical (unpaired) electrons. The van der Waals surface area contributed by atoms with Gasteiger partial charge in [-0.05, 0) is 18.2 Å². The van der Waals surface area contributed by atoms with Gasteiger partial charge >= 0.3 is 0 Å². The van der Waals surface area contributed by atoms with E-state index in [1.54, 1.807) is 14.2 Å². The molecule has 1 aliphatic rings. The standard InChI is InChI=1S/C17H17NO3/c1-20-16-9-5-7-12(17(16)21-2)14-10-15(19)11-6-3-4-8-13(11)18-14/h3-9,14,18H,10H2,1-2H3. The van der Waals surface area contributed by atoms with Gasteiger partial charge in [0.2, 0.25) is 0 Å². The van der Waals surface area contributed by atoms with E-state index >= 15 is 0 Å². The van der Waals surface area contributed by atoms with Crippen molar-refractivity contribution in [2.75, 3.05) is 19.5 Å². The first kappa shape index (κ1) is 13.5. The van der Waals surface area contributed by atoms with E-state index in [2.05, 4.69) is 5.32 Å². The minimum Gasteiger partial charge on any atom is -0.493 e. The molecule has 108 valence electrons. The first-order valence-electron chi connectivity index (χ1n) is 6.84. The van der Waals surface area contributed by atoms with Gasteiger partial charge in [-0.3, -0.25) is 4.79 Å². The lowest BCUT2D eigenvalue weighted by Gasteiger charge is -2.28. The van der Waals surface area contributed by atoms with Gasteiger partial charge in [-0.25, -0.2) is 0 Å². The zero-order chi connectivity index (χ0) is 14.8. The Balaban J connectivity index is 2.02. The van der Waals surface area contributed by atoms with Crippen LogP contribution < -0.4 is 14.8 Å². The molecule has 0 saturated carbocycles. The van der Waals surface area contributed by atoms with E-state index in [1.807, 2.05) is 42.5 Å². The van der Waals surface area contributed by atoms with Gasteiger partial charge < -0.3 is 14.8 Å². The summed E-state index contributed by atoms with van der Waals surface area (Å²) in [6.45, 7) is 0. The molecule has 4 nitrogen and oxygen atoms in total. The van der Waals surface area contributed by atoms with Crippen molar-refractivity contribution in [3.05, 3.63) is 53.6 Å². The van der Waals surface area contributed by atoms with Crippen LogP contribution in [0.5, 0.6) is 11.5 Å². The van der Waals surface area contributed by atoms with Crippen LogP contribution in [0, 0.1) is 0 Å². The number of Topliss-reactive ketones (excluding diaryl/α,β-unsaturated/α-hetero) is 1. The minimum absolute atomic E-state index is 0.113. The van der Waals surface area contributed by atoms with Crippen molar-refractivity contribution >= 4 is 11.5 Å². The molecule has 2 aromatic rings. The van der Waals surface area contributed by atoms with E-state index in [4.69, 9.17) is 9.47 Å². The smallest absolute Gasteiger partial charge is 0.167 e. The third-order valence-electron chi connectivity index (χ3n) is 3.76. The molecule has 3 rings (SSSR count). The van der Waals surface area contributed by atoms with Gasteiger partial charge in [0.1, 0.15) is 0 Å². The lowest BCUT2D eigenvalue weighted by Crippen LogP contribution is -2.23. The van der Waals surface area contributed by atoms with Gasteiger partial charge in [-0.2, -0.15) is 0 Å². The van der Waals surface area contributed by atoms with Crippen LogP contribution in [-0.4, -0.2) is 20.0 Å². The molecule has 1 aliphatic heterocycles. The second-order valence-electron chi connectivity index (χ2n) is 4.95. The van der Waals surface area contributed by atoms with Crippen molar-refractivity contribution in [2.45, 2.75) is 12.5 Å². The summed E-state index contributed by atoms with van der Waals surface area (Å²) in [6, 6.07) is 13.2. The Hall–Kier alpha value is -2.49. The van der Waals surface area contributed by atoms with Crippen LogP contribution in [0.1, 0.15) is 28.4 Å². The highest BCUT2D eigenvalue weighted by Gasteiger charge is 2.28. The molecule has 21 heavy (non-hydrogen) atoms. The Labute approximate surface area is 123 Å². The molecule has 0 aliphatic carbocycles. The van der Waals surface area contributed by atoms with Crippen LogP contribution in [0.3, 0.4) is 0 Å². The molecule has 0 spiro atoms. The highest BCUT2D eigenvalue weighted by molar-refractivity contribution is 6.03. The predicted octanol–water partition coefficient (Wildman–Crippen LogP) is 3.44. The molecular weight excluding hydrogens is 266 g/mol. The van der Waals surface area contributed by atoms with E-state index in [-0.39, 0.29) is 11.8 Å². The van der Waals surface area contributed by atoms with Gasteiger partial charge in [-0.1, -0.05) is 24.3 Å². The molecule has 1 N–H and O–H groups in total. The number of nitrogens with one attached hydrogen (secondary N) is 1. The maximum absolute atomic E-state index is 12.3. The van der Waals surface area contributed by atoms with Crippen molar-refractivity contribution in [3.8, 4) is 11.5 Å². The molecular formula is C17H17NO3. The SMILES string of the molecule is COc1cccc(C2CC(=O)c3ccccc3N2)c1OC. The van der Waals surface area contributed by atoms with Crippen LogP contribution in [-0.2, 0) is 0 Å². The number of rotatable bonds is 3. The normalized spacial score (nSPS) is 16.9. The maximum Gasteiger partial charge on any atom is 0.167 e. The summed E-state index contributed by atoms with van der Waals surface area (Å²) in [7, 11) is 3.22. The van der Waals surface area contributed by atoms with Crippen LogP contribution >= 0.6 is 0 Å². The van der Waals surface area contributed by atoms with Crippen molar-refractivity contribution < 1.29 is 14.3 Å². The molecule has 1 heterocycles. The highest BCUT2D eigenvalue weighted by Crippen LogP contribution is 2.40. The van der Waals surface area contributed by atoms with Gasteiger partial charge in [0.05, 0.1) is 20.3 Å². The maximum atomic E-state index is 12.3. The number of methoxy groups -OCH3 is 2. The number of fused-ring (bicyclic) bond motifs is 1. The zero-order valence-electron chi connectivity index (χ0n) is 12.1. The van der Waals surface area contributed by atoms with Crippen LogP contribution in [0.25, 0.3) is 0 Å². The first-order valence-corrected chi connectivity index (χ1v) is 6.84. The summed E-state index contributed by atoms with van der Waals surface area (Å²) in [5.74, 6) is 1.48. The van der Waals surface area contributed by atoms with Crippen LogP contribution in [0.2, 0.25) is 0 Å². The largest absolute Gasteiger partial charge is 0.493 e. The number of hydrogen-bond acceptors (Lipinski definition) is 4. The molecule has 0 amide bonds. The molecule has 0 bridgehead atoms. The summed E-state index contributed by atoms with van der Waals surface area (Å²) in [4.78, 5) is 12.3. The first-order chi connectivity index (χ1) is 10.2. The van der Waals surface area contributed by atoms with Crippen LogP contribution in [0.15, 0.2) is 42.5 Å². The molecule has 4 heteroatoms. The Bertz CT molecular complexity index is 681. The van der Waals surface area contributed by atoms with Gasteiger partial charge in [-0.15, -0.1) is 0 Å². The lowest BCUT2D eigenvalue weighted by atomic mass is 9.92. The van der Waals surface area contributed by atoms with Crippen molar-refractivity contribution in [2.24, 2.45) is 0 Å². The van der Waals surface area contributed by atoms with Crippen molar-refractivity contribution in [1.29, 1.82) is 0 Å². The fourth-order valence-corrected chi connectivity index (χ4v) is 2.76. The quantitative estimate of drug-likeness (QED) is 0.937. The fraction of sp³-hybridized carbons (Fsp3) is 0.235. The number of hydrogen-bond donors (Lipinski definition) is 1. The molecule has 0 aromatic heterocycles. The van der Waals surface area contributed by atoms with E-state index in [0.29, 0.717) is 17.9 Å². The molecule has 1 atom stereocenters. The van der Waals surface area contributed by atoms with Gasteiger partial charge in [0.25, 0.3) is 0 Å². The monoisotopic (exact) mass is 283 g/mol. The Morgan fingerprint density at radius 3 is 2.62 bits per heavy atom. The average Bonchev–Trinajstić information content (AvgIpc) is 2.54. The number of benzene rings is 2. The number of anilines is 1. The van der Waals surface area contributed by atoms with E-state index in [0.717, 1.165) is 16.8 Å². The van der Waals surface area contributed by atoms with Gasteiger partial charge in [0, 0.05) is 23.2 Å². The van der Waals surface area contributed by atoms with E-state index in [1.165, 1.54) is 0 Å². The van der Waals surface area contributed by atoms with E-state index in [9.17, 15) is 4.79 Å². The number of ketones is 1. The Morgan fingerprint density at radius 1 is 1.05 bits per heavy atom. The molecule has 2 aromatic carbocycles. The number of para-hydroxylation sites is 2. The van der Waals surface area contributed by atoms with Crippen LogP contribution in [0.4, 0.5) is 5.69 Å². The predicted molar refractivity (Wildman–Crippen MR) is 81.3 cm³/mol. The van der Waals surface area contributed by atoms with Crippen molar-refractivity contribution in [1.82, 2.24) is 0 Å². The summed E-state index contributed by atoms with van der Waals surface area (Å²) >= 11 is 0. The third-order valence-corrected chi connectivity index (χ3v) is 3.76. The summed E-state index contributed by atoms with van der Waals surface area (Å²) in [5.41, 5.74) is 2.54. The fourth-order valence-electron chi connectivity index (χ4n) is 2.76. The topological polar surface area (TPSA) is 47.6 Å². The summed E-state index contributed by atoms with van der Waals surface area (Å²) in [6.07, 6.45) is 0.403. The van der Waals surface area contributed by atoms with Crippen molar-refractivity contribution in [3.63, 3.8) is 0 Å². The van der Waals surface area contributed by atoms with Gasteiger partial charge in [0.15, 0.2) is 17.3 Å². The average molecular weight is 283 g/mol. The Kier molecular flexibility index (Phi) is 3.52. The minimum atomic E-state index is -0.113. The highest BCUT2D eigenvalue weighted by atomic mass is 16.5. The summed E-state index contributed by atoms with van der Waals surface area (Å²) < 4.78 is 10.8. The Morgan fingerprint density at radius 2 is 1.86 bits per heavy atom. The molecule has 1 unspecified atom stereocenters. The number of carbonyl (C=O) groups is 1. The number of ether oxygens (including phenoxy) is 2. The molecule has 0 fully saturated rings. The number of carbonyl (C=O) groups excluding carboxylic acids is 1. The van der Waals surface area contributed by atoms with E-state index < -0.39 is 0 Å². The lowest BCUT2D eigenvalue weighted by molar-refractivity contribution is 0.0972. The molecule has 0 saturated heterocycles. The second kappa shape index (κ2) is 5.48. The zero-order valence-corrected chi connectivity index (χ0v) is 12.1.